The van der Waals surface area contributed by atoms with Crippen LogP contribution in [0.15, 0.2) is 66.7 Å². The monoisotopic (exact) mass is 486 g/mol. The van der Waals surface area contributed by atoms with Crippen molar-refractivity contribution in [2.45, 2.75) is 71.3 Å². The van der Waals surface area contributed by atoms with Crippen LogP contribution in [0.1, 0.15) is 81.0 Å². The van der Waals surface area contributed by atoms with Gasteiger partial charge in [0, 0.05) is 0 Å². The Labute approximate surface area is 214 Å². The summed E-state index contributed by atoms with van der Waals surface area (Å²) in [5.41, 5.74) is 5.50. The van der Waals surface area contributed by atoms with Gasteiger partial charge in [0.1, 0.15) is 5.60 Å². The van der Waals surface area contributed by atoms with Gasteiger partial charge in [0.05, 0.1) is 11.8 Å². The molecule has 2 atom stereocenters. The van der Waals surface area contributed by atoms with E-state index in [1.807, 2.05) is 95.3 Å². The van der Waals surface area contributed by atoms with Gasteiger partial charge in [-0.15, -0.1) is 0 Å². The van der Waals surface area contributed by atoms with E-state index in [0.29, 0.717) is 12.8 Å². The fraction of sp³-hybridized carbons (Fsp3) is 0.355. The Morgan fingerprint density at radius 1 is 1.00 bits per heavy atom. The number of rotatable bonds is 9. The second-order valence-electron chi connectivity index (χ2n) is 10.2. The zero-order valence-electron chi connectivity index (χ0n) is 22.0. The predicted octanol–water partition coefficient (Wildman–Crippen LogP) is 6.55. The standard InChI is InChI=1S/C31H38N2O3/c1-6-13-26(29(34)33-32)28-24-18-11-10-17-23(24)21(2)20-27(28)25(30(35)36-31(3,4)5)19-12-16-22-14-8-7-9-15-22/h7-12,14-18,20,25-26H,6,13,19,32H2,1-5H3,(H,33,34)/t25-,26+/m0/s1. The number of hydrazine groups is 1. The Bertz CT molecular complexity index is 1230. The molecule has 5 heteroatoms. The SMILES string of the molecule is CCC[C@@H](C(=O)NN)c1c([C@H](CC=Cc2ccccc2)C(=O)OC(C)(C)C)cc(C)c2ccccc12. The lowest BCUT2D eigenvalue weighted by Gasteiger charge is -2.28. The van der Waals surface area contributed by atoms with Gasteiger partial charge in [-0.05, 0) is 73.6 Å². The first kappa shape index (κ1) is 27.2. The molecule has 1 amide bonds. The van der Waals surface area contributed by atoms with Gasteiger partial charge in [-0.2, -0.15) is 0 Å². The van der Waals surface area contributed by atoms with Crippen LogP contribution in [0.2, 0.25) is 0 Å². The van der Waals surface area contributed by atoms with Crippen LogP contribution < -0.4 is 11.3 Å². The molecule has 0 aromatic heterocycles. The number of nitrogens with two attached hydrogens (primary N) is 1. The number of hydrogen-bond acceptors (Lipinski definition) is 4. The summed E-state index contributed by atoms with van der Waals surface area (Å²) in [6.45, 7) is 9.70. The van der Waals surface area contributed by atoms with E-state index in [9.17, 15) is 9.59 Å². The van der Waals surface area contributed by atoms with Gasteiger partial charge in [-0.3, -0.25) is 15.0 Å². The lowest BCUT2D eigenvalue weighted by Crippen LogP contribution is -2.36. The number of hydrogen-bond donors (Lipinski definition) is 2. The van der Waals surface area contributed by atoms with Gasteiger partial charge >= 0.3 is 5.97 Å². The molecule has 3 rings (SSSR count). The van der Waals surface area contributed by atoms with Crippen molar-refractivity contribution in [2.24, 2.45) is 5.84 Å². The highest BCUT2D eigenvalue weighted by atomic mass is 16.6. The Kier molecular flexibility index (Phi) is 9.05. The second kappa shape index (κ2) is 12.0. The zero-order valence-corrected chi connectivity index (χ0v) is 22.0. The highest BCUT2D eigenvalue weighted by molar-refractivity contribution is 5.97. The topological polar surface area (TPSA) is 81.4 Å². The summed E-state index contributed by atoms with van der Waals surface area (Å²) >= 11 is 0. The molecule has 3 aromatic carbocycles. The quantitative estimate of drug-likeness (QED) is 0.155. The predicted molar refractivity (Wildman–Crippen MR) is 147 cm³/mol. The number of esters is 1. The maximum atomic E-state index is 13.6. The van der Waals surface area contributed by atoms with Crippen LogP contribution in [0.5, 0.6) is 0 Å². The molecule has 0 aliphatic heterocycles. The average Bonchev–Trinajstić information content (AvgIpc) is 2.85. The van der Waals surface area contributed by atoms with E-state index < -0.39 is 17.4 Å². The van der Waals surface area contributed by atoms with Crippen molar-refractivity contribution in [3.8, 4) is 0 Å². The van der Waals surface area contributed by atoms with Crippen molar-refractivity contribution < 1.29 is 14.3 Å². The normalized spacial score (nSPS) is 13.5. The lowest BCUT2D eigenvalue weighted by atomic mass is 9.79. The lowest BCUT2D eigenvalue weighted by molar-refractivity contribution is -0.156. The molecule has 0 unspecified atom stereocenters. The smallest absolute Gasteiger partial charge is 0.314 e. The van der Waals surface area contributed by atoms with E-state index in [-0.39, 0.29) is 11.9 Å². The molecule has 36 heavy (non-hydrogen) atoms. The molecule has 0 radical (unpaired) electrons. The Morgan fingerprint density at radius 3 is 2.25 bits per heavy atom. The van der Waals surface area contributed by atoms with Crippen molar-refractivity contribution in [1.29, 1.82) is 0 Å². The summed E-state index contributed by atoms with van der Waals surface area (Å²) in [4.78, 5) is 26.7. The number of ether oxygens (including phenoxy) is 1. The minimum Gasteiger partial charge on any atom is -0.459 e. The summed E-state index contributed by atoms with van der Waals surface area (Å²) in [6.07, 6.45) is 5.88. The van der Waals surface area contributed by atoms with Crippen LogP contribution in [0, 0.1) is 6.92 Å². The first-order valence-electron chi connectivity index (χ1n) is 12.6. The Balaban J connectivity index is 2.22. The molecule has 3 N–H and O–H groups in total. The summed E-state index contributed by atoms with van der Waals surface area (Å²) < 4.78 is 5.89. The molecular weight excluding hydrogens is 448 g/mol. The molecule has 0 heterocycles. The Hall–Kier alpha value is -3.44. The minimum absolute atomic E-state index is 0.255. The first-order chi connectivity index (χ1) is 17.2. The van der Waals surface area contributed by atoms with Crippen LogP contribution in [0.3, 0.4) is 0 Å². The van der Waals surface area contributed by atoms with Gasteiger partial charge in [0.15, 0.2) is 0 Å². The van der Waals surface area contributed by atoms with Crippen molar-refractivity contribution in [2.75, 3.05) is 0 Å². The molecule has 0 saturated carbocycles. The van der Waals surface area contributed by atoms with Crippen molar-refractivity contribution in [3.05, 3.63) is 89.0 Å². The van der Waals surface area contributed by atoms with Crippen molar-refractivity contribution >= 4 is 28.7 Å². The van der Waals surface area contributed by atoms with Crippen LogP contribution >= 0.6 is 0 Å². The highest BCUT2D eigenvalue weighted by Gasteiger charge is 2.33. The second-order valence-corrected chi connectivity index (χ2v) is 10.2. The molecule has 190 valence electrons. The van der Waals surface area contributed by atoms with Crippen LogP contribution in [-0.4, -0.2) is 17.5 Å². The summed E-state index contributed by atoms with van der Waals surface area (Å²) in [7, 11) is 0. The Morgan fingerprint density at radius 2 is 1.64 bits per heavy atom. The number of carbonyl (C=O) groups excluding carboxylic acids is 2. The van der Waals surface area contributed by atoms with E-state index in [1.165, 1.54) is 0 Å². The molecule has 0 bridgehead atoms. The molecule has 5 nitrogen and oxygen atoms in total. The average molecular weight is 487 g/mol. The van der Waals surface area contributed by atoms with Gasteiger partial charge in [0.25, 0.3) is 0 Å². The third kappa shape index (κ3) is 6.61. The summed E-state index contributed by atoms with van der Waals surface area (Å²) in [6, 6.07) is 20.1. The fourth-order valence-electron chi connectivity index (χ4n) is 4.71. The number of aryl methyl sites for hydroxylation is 1. The highest BCUT2D eigenvalue weighted by Crippen LogP contribution is 2.39. The van der Waals surface area contributed by atoms with Crippen LogP contribution in [0.4, 0.5) is 0 Å². The van der Waals surface area contributed by atoms with Crippen LogP contribution in [0.25, 0.3) is 16.8 Å². The van der Waals surface area contributed by atoms with E-state index in [2.05, 4.69) is 17.6 Å². The number of nitrogens with one attached hydrogen (secondary N) is 1. The van der Waals surface area contributed by atoms with Crippen molar-refractivity contribution in [1.82, 2.24) is 5.43 Å². The maximum absolute atomic E-state index is 13.6. The number of benzene rings is 3. The van der Waals surface area contributed by atoms with Gasteiger partial charge in [-0.25, -0.2) is 5.84 Å². The van der Waals surface area contributed by atoms with Gasteiger partial charge < -0.3 is 4.74 Å². The third-order valence-electron chi connectivity index (χ3n) is 6.26. The first-order valence-corrected chi connectivity index (χ1v) is 12.6. The summed E-state index contributed by atoms with van der Waals surface area (Å²) in [5.74, 6) is 4.01. The number of allylic oxidation sites excluding steroid dienone is 1. The zero-order chi connectivity index (χ0) is 26.3. The molecule has 0 fully saturated rings. The molecular formula is C31H38N2O3. The van der Waals surface area contributed by atoms with Crippen molar-refractivity contribution in [3.63, 3.8) is 0 Å². The van der Waals surface area contributed by atoms with E-state index in [1.54, 1.807) is 0 Å². The number of carbonyl (C=O) groups is 2. The third-order valence-corrected chi connectivity index (χ3v) is 6.26. The van der Waals surface area contributed by atoms with Gasteiger partial charge in [0.2, 0.25) is 5.91 Å². The molecule has 0 saturated heterocycles. The van der Waals surface area contributed by atoms with E-state index >= 15 is 0 Å². The number of fused-ring (bicyclic) bond motifs is 1. The minimum atomic E-state index is -0.637. The van der Waals surface area contributed by atoms with E-state index in [4.69, 9.17) is 10.6 Å². The number of amides is 1. The molecule has 0 aliphatic carbocycles. The largest absolute Gasteiger partial charge is 0.459 e. The summed E-state index contributed by atoms with van der Waals surface area (Å²) in [5, 5.41) is 2.03. The molecule has 3 aromatic rings. The maximum Gasteiger partial charge on any atom is 0.314 e. The fourth-order valence-corrected chi connectivity index (χ4v) is 4.71. The molecule has 0 spiro atoms. The molecule has 0 aliphatic rings. The van der Waals surface area contributed by atoms with Gasteiger partial charge in [-0.1, -0.05) is 86.2 Å². The van der Waals surface area contributed by atoms with Crippen LogP contribution in [-0.2, 0) is 14.3 Å². The van der Waals surface area contributed by atoms with E-state index in [0.717, 1.165) is 39.4 Å².